The van der Waals surface area contributed by atoms with Crippen LogP contribution in [0.3, 0.4) is 0 Å². The Morgan fingerprint density at radius 1 is 1.17 bits per heavy atom. The van der Waals surface area contributed by atoms with Crippen LogP contribution in [0.5, 0.6) is 0 Å². The minimum atomic E-state index is -2.87. The fraction of sp³-hybridized carbons (Fsp3) is 1.00. The summed E-state index contributed by atoms with van der Waals surface area (Å²) in [5.41, 5.74) is -0.0150. The van der Waals surface area contributed by atoms with Crippen LogP contribution in [0.15, 0.2) is 0 Å². The zero-order valence-electron chi connectivity index (χ0n) is 11.0. The van der Waals surface area contributed by atoms with Crippen LogP contribution in [0.4, 0.5) is 0 Å². The molecule has 0 bridgehead atoms. The number of nitrogens with one attached hydrogen (secondary N) is 2. The van der Waals surface area contributed by atoms with E-state index in [-0.39, 0.29) is 10.8 Å². The number of rotatable bonds is 2. The van der Waals surface area contributed by atoms with Crippen LogP contribution in [-0.4, -0.2) is 44.1 Å². The number of hydrogen-bond acceptors (Lipinski definition) is 4. The predicted octanol–water partition coefficient (Wildman–Crippen LogP) is 1.10. The van der Waals surface area contributed by atoms with Crippen molar-refractivity contribution in [2.75, 3.05) is 12.8 Å². The topological polar surface area (TPSA) is 58.2 Å². The van der Waals surface area contributed by atoms with Gasteiger partial charge in [-0.1, -0.05) is 0 Å². The molecule has 1 saturated heterocycles. The first-order valence-electron chi connectivity index (χ1n) is 6.70. The Labute approximate surface area is 115 Å². The molecule has 3 atom stereocenters. The van der Waals surface area contributed by atoms with Gasteiger partial charge in [-0.2, -0.15) is 0 Å². The smallest absolute Gasteiger partial charge is 0.150 e. The van der Waals surface area contributed by atoms with Crippen molar-refractivity contribution in [2.24, 2.45) is 5.92 Å². The van der Waals surface area contributed by atoms with E-state index in [9.17, 15) is 8.42 Å². The highest BCUT2D eigenvalue weighted by Gasteiger charge is 2.36. The monoisotopic (exact) mass is 294 g/mol. The second-order valence-electron chi connectivity index (χ2n) is 5.72. The molecule has 2 N–H and O–H groups in total. The molecule has 2 fully saturated rings. The van der Waals surface area contributed by atoms with Crippen molar-refractivity contribution in [3.8, 4) is 0 Å². The lowest BCUT2D eigenvalue weighted by Gasteiger charge is -2.41. The van der Waals surface area contributed by atoms with E-state index in [1.165, 1.54) is 6.26 Å². The molecule has 18 heavy (non-hydrogen) atoms. The quantitative estimate of drug-likeness (QED) is 0.592. The van der Waals surface area contributed by atoms with Crippen molar-refractivity contribution >= 4 is 21.4 Å². The van der Waals surface area contributed by atoms with E-state index in [2.05, 4.69) is 17.6 Å². The van der Waals surface area contributed by atoms with Crippen LogP contribution in [0.25, 0.3) is 0 Å². The van der Waals surface area contributed by atoms with Crippen LogP contribution >= 0.6 is 11.6 Å². The van der Waals surface area contributed by atoms with Crippen molar-refractivity contribution in [2.45, 2.75) is 55.4 Å². The Balaban J connectivity index is 1.93. The lowest BCUT2D eigenvalue weighted by molar-refractivity contribution is 0.199. The summed E-state index contributed by atoms with van der Waals surface area (Å²) < 4.78 is 23.1. The number of sulfone groups is 1. The standard InChI is InChI=1S/C12H23ClN2O2S/c1-8-12(15-11(13)7-14-8)9-3-5-10(6-4-9)18(2,16)17/h8-12,14-15H,3-7H2,1-2H3. The van der Waals surface area contributed by atoms with E-state index in [1.54, 1.807) is 0 Å². The van der Waals surface area contributed by atoms with Gasteiger partial charge in [-0.15, -0.1) is 11.6 Å². The third-order valence-electron chi connectivity index (χ3n) is 4.36. The second kappa shape index (κ2) is 5.65. The number of alkyl halides is 1. The van der Waals surface area contributed by atoms with Crippen molar-refractivity contribution in [3.63, 3.8) is 0 Å². The Kier molecular flexibility index (Phi) is 4.57. The van der Waals surface area contributed by atoms with Gasteiger partial charge in [0.15, 0.2) is 0 Å². The highest BCUT2D eigenvalue weighted by molar-refractivity contribution is 7.91. The molecule has 0 radical (unpaired) electrons. The van der Waals surface area contributed by atoms with Gasteiger partial charge in [0.1, 0.15) is 9.84 Å². The van der Waals surface area contributed by atoms with Gasteiger partial charge in [0.2, 0.25) is 0 Å². The van der Waals surface area contributed by atoms with E-state index < -0.39 is 9.84 Å². The Morgan fingerprint density at radius 2 is 1.78 bits per heavy atom. The highest BCUT2D eigenvalue weighted by atomic mass is 35.5. The summed E-state index contributed by atoms with van der Waals surface area (Å²) in [5, 5.41) is 6.72. The van der Waals surface area contributed by atoms with Crippen molar-refractivity contribution in [1.82, 2.24) is 10.6 Å². The predicted molar refractivity (Wildman–Crippen MR) is 74.6 cm³/mol. The van der Waals surface area contributed by atoms with E-state index in [4.69, 9.17) is 11.6 Å². The molecule has 0 spiro atoms. The largest absolute Gasteiger partial charge is 0.310 e. The summed E-state index contributed by atoms with van der Waals surface area (Å²) in [5.74, 6) is 0.534. The van der Waals surface area contributed by atoms with E-state index in [1.807, 2.05) is 0 Å². The van der Waals surface area contributed by atoms with E-state index in [0.29, 0.717) is 18.0 Å². The molecule has 4 nitrogen and oxygen atoms in total. The lowest BCUT2D eigenvalue weighted by Crippen LogP contribution is -2.61. The molecule has 6 heteroatoms. The summed E-state index contributed by atoms with van der Waals surface area (Å²) in [4.78, 5) is 0. The molecule has 3 unspecified atom stereocenters. The minimum Gasteiger partial charge on any atom is -0.310 e. The lowest BCUT2D eigenvalue weighted by atomic mass is 9.80. The summed E-state index contributed by atoms with van der Waals surface area (Å²) in [7, 11) is -2.87. The maximum Gasteiger partial charge on any atom is 0.150 e. The average Bonchev–Trinajstić information content (AvgIpc) is 2.31. The third kappa shape index (κ3) is 3.38. The van der Waals surface area contributed by atoms with Crippen LogP contribution in [0.2, 0.25) is 0 Å². The van der Waals surface area contributed by atoms with E-state index in [0.717, 1.165) is 32.2 Å². The normalized spacial score (nSPS) is 42.7. The molecule has 106 valence electrons. The van der Waals surface area contributed by atoms with Gasteiger partial charge in [0.05, 0.1) is 10.8 Å². The fourth-order valence-electron chi connectivity index (χ4n) is 3.25. The van der Waals surface area contributed by atoms with Crippen LogP contribution in [0, 0.1) is 5.92 Å². The van der Waals surface area contributed by atoms with Gasteiger partial charge in [0.25, 0.3) is 0 Å². The molecule has 2 aliphatic rings. The van der Waals surface area contributed by atoms with Crippen molar-refractivity contribution < 1.29 is 8.42 Å². The number of hydrogen-bond donors (Lipinski definition) is 2. The zero-order valence-corrected chi connectivity index (χ0v) is 12.6. The van der Waals surface area contributed by atoms with Crippen LogP contribution in [0.1, 0.15) is 32.6 Å². The summed E-state index contributed by atoms with van der Waals surface area (Å²) >= 11 is 6.13. The second-order valence-corrected chi connectivity index (χ2v) is 8.58. The summed E-state index contributed by atoms with van der Waals surface area (Å²) in [6.45, 7) is 2.96. The Morgan fingerprint density at radius 3 is 2.33 bits per heavy atom. The van der Waals surface area contributed by atoms with Gasteiger partial charge in [-0.3, -0.25) is 5.32 Å². The van der Waals surface area contributed by atoms with Gasteiger partial charge in [-0.05, 0) is 38.5 Å². The van der Waals surface area contributed by atoms with Crippen LogP contribution < -0.4 is 10.6 Å². The SMILES string of the molecule is CC1NCC(Cl)NC1C1CCC(S(C)(=O)=O)CC1. The molecule has 0 amide bonds. The fourth-order valence-corrected chi connectivity index (χ4v) is 4.61. The van der Waals surface area contributed by atoms with Gasteiger partial charge < -0.3 is 5.32 Å². The maximum absolute atomic E-state index is 11.5. The van der Waals surface area contributed by atoms with E-state index >= 15 is 0 Å². The summed E-state index contributed by atoms with van der Waals surface area (Å²) in [6.07, 6.45) is 4.90. The first-order valence-corrected chi connectivity index (χ1v) is 9.09. The minimum absolute atomic E-state index is 0.0150. The first-order chi connectivity index (χ1) is 8.38. The van der Waals surface area contributed by atoms with Crippen LogP contribution in [-0.2, 0) is 9.84 Å². The average molecular weight is 295 g/mol. The molecular formula is C12H23ClN2O2S. The summed E-state index contributed by atoms with van der Waals surface area (Å²) in [6, 6.07) is 0.765. The van der Waals surface area contributed by atoms with Gasteiger partial charge in [0, 0.05) is 24.9 Å². The van der Waals surface area contributed by atoms with Gasteiger partial charge in [-0.25, -0.2) is 8.42 Å². The maximum atomic E-state index is 11.5. The number of halogens is 1. The molecule has 1 aliphatic heterocycles. The Bertz CT molecular complexity index is 380. The first kappa shape index (κ1) is 14.6. The molecule has 0 aromatic carbocycles. The molecule has 2 rings (SSSR count). The molecule has 0 aromatic rings. The van der Waals surface area contributed by atoms with Crippen molar-refractivity contribution in [3.05, 3.63) is 0 Å². The third-order valence-corrected chi connectivity index (χ3v) is 6.33. The highest BCUT2D eigenvalue weighted by Crippen LogP contribution is 2.32. The van der Waals surface area contributed by atoms with Crippen molar-refractivity contribution in [1.29, 1.82) is 0 Å². The Hall–Kier alpha value is 0.160. The number of piperazine rings is 1. The zero-order chi connectivity index (χ0) is 13.3. The molecule has 0 aromatic heterocycles. The van der Waals surface area contributed by atoms with Gasteiger partial charge >= 0.3 is 0 Å². The molecular weight excluding hydrogens is 272 g/mol. The molecule has 1 heterocycles. The molecule has 1 aliphatic carbocycles. The molecule has 1 saturated carbocycles.